The maximum absolute atomic E-state index is 12.3. The average molecular weight is 224 g/mol. The third-order valence-electron chi connectivity index (χ3n) is 2.86. The van der Waals surface area contributed by atoms with Gasteiger partial charge in [0.15, 0.2) is 5.78 Å². The Morgan fingerprint density at radius 3 is 2.69 bits per heavy atom. The molecule has 0 aromatic heterocycles. The summed E-state index contributed by atoms with van der Waals surface area (Å²) in [5.41, 5.74) is 1.25. The molecule has 84 valence electrons. The quantitative estimate of drug-likeness (QED) is 0.722. The van der Waals surface area contributed by atoms with E-state index in [1.807, 2.05) is 0 Å². The topological polar surface area (TPSA) is 34.1 Å². The summed E-state index contributed by atoms with van der Waals surface area (Å²) >= 11 is 0. The minimum Gasteiger partial charge on any atom is -0.293 e. The number of halogens is 2. The molecule has 16 heavy (non-hydrogen) atoms. The first-order valence-corrected chi connectivity index (χ1v) is 5.05. The molecule has 1 unspecified atom stereocenters. The summed E-state index contributed by atoms with van der Waals surface area (Å²) in [5, 5.41) is 0. The molecule has 0 bridgehead atoms. The number of alkyl halides is 2. The molecule has 0 saturated carbocycles. The lowest BCUT2D eigenvalue weighted by atomic mass is 9.80. The van der Waals surface area contributed by atoms with Crippen molar-refractivity contribution in [3.63, 3.8) is 0 Å². The Hall–Kier alpha value is -1.58. The van der Waals surface area contributed by atoms with Gasteiger partial charge in [-0.25, -0.2) is 8.78 Å². The van der Waals surface area contributed by atoms with Crippen LogP contribution in [0.25, 0.3) is 0 Å². The van der Waals surface area contributed by atoms with Crippen LogP contribution in [0.15, 0.2) is 24.3 Å². The van der Waals surface area contributed by atoms with Crippen molar-refractivity contribution < 1.29 is 18.4 Å². The number of ketones is 2. The third kappa shape index (κ3) is 1.75. The summed E-state index contributed by atoms with van der Waals surface area (Å²) in [6.45, 7) is 0. The average Bonchev–Trinajstić information content (AvgIpc) is 2.29. The maximum Gasteiger partial charge on any atom is 0.296 e. The first kappa shape index (κ1) is 10.9. The van der Waals surface area contributed by atoms with Crippen LogP contribution in [0.3, 0.4) is 0 Å². The molecule has 4 heteroatoms. The molecule has 0 heterocycles. The lowest BCUT2D eigenvalue weighted by molar-refractivity contribution is -0.132. The van der Waals surface area contributed by atoms with Crippen LogP contribution in [-0.4, -0.2) is 18.0 Å². The molecule has 0 fully saturated rings. The van der Waals surface area contributed by atoms with Gasteiger partial charge in [0.2, 0.25) is 5.78 Å². The molecule has 0 amide bonds. The van der Waals surface area contributed by atoms with Gasteiger partial charge in [-0.3, -0.25) is 9.59 Å². The van der Waals surface area contributed by atoms with E-state index < -0.39 is 23.9 Å². The Labute approximate surface area is 91.3 Å². The Bertz CT molecular complexity index is 440. The predicted molar refractivity (Wildman–Crippen MR) is 53.6 cm³/mol. The van der Waals surface area contributed by atoms with Crippen LogP contribution in [0.2, 0.25) is 0 Å². The van der Waals surface area contributed by atoms with Crippen LogP contribution in [0, 0.1) is 5.92 Å². The molecular formula is C12H10F2O2. The van der Waals surface area contributed by atoms with E-state index in [4.69, 9.17) is 0 Å². The Kier molecular flexibility index (Phi) is 2.81. The Balaban J connectivity index is 2.31. The standard InChI is InChI=1S/C12H10F2O2/c13-12(14)11(16)9-6-5-7-3-1-2-4-8(7)10(9)15/h1-4,9,12H,5-6H2. The van der Waals surface area contributed by atoms with E-state index in [2.05, 4.69) is 0 Å². The molecule has 1 aromatic carbocycles. The van der Waals surface area contributed by atoms with Gasteiger partial charge in [0, 0.05) is 5.56 Å². The number of fused-ring (bicyclic) bond motifs is 1. The molecule has 0 aliphatic heterocycles. The highest BCUT2D eigenvalue weighted by Crippen LogP contribution is 2.27. The number of hydrogen-bond acceptors (Lipinski definition) is 2. The summed E-state index contributed by atoms with van der Waals surface area (Å²) in [6, 6.07) is 6.84. The number of Topliss-reactive ketones (excluding diaryl/α,β-unsaturated/α-hetero) is 2. The van der Waals surface area contributed by atoms with E-state index >= 15 is 0 Å². The monoisotopic (exact) mass is 224 g/mol. The zero-order chi connectivity index (χ0) is 11.7. The van der Waals surface area contributed by atoms with Crippen LogP contribution in [0.4, 0.5) is 8.78 Å². The van der Waals surface area contributed by atoms with Gasteiger partial charge in [-0.05, 0) is 18.4 Å². The maximum atomic E-state index is 12.3. The highest BCUT2D eigenvalue weighted by atomic mass is 19.3. The highest BCUT2D eigenvalue weighted by molar-refractivity contribution is 6.12. The smallest absolute Gasteiger partial charge is 0.293 e. The normalized spacial score (nSPS) is 19.7. The van der Waals surface area contributed by atoms with Gasteiger partial charge in [0.05, 0.1) is 5.92 Å². The molecule has 2 nitrogen and oxygen atoms in total. The van der Waals surface area contributed by atoms with Crippen molar-refractivity contribution in [2.24, 2.45) is 5.92 Å². The van der Waals surface area contributed by atoms with Crippen molar-refractivity contribution >= 4 is 11.6 Å². The Morgan fingerprint density at radius 1 is 1.31 bits per heavy atom. The van der Waals surface area contributed by atoms with Gasteiger partial charge in [0.1, 0.15) is 0 Å². The minimum absolute atomic E-state index is 0.193. The summed E-state index contributed by atoms with van der Waals surface area (Å²) in [4.78, 5) is 23.0. The molecule has 1 aliphatic carbocycles. The van der Waals surface area contributed by atoms with Crippen LogP contribution in [0.5, 0.6) is 0 Å². The second kappa shape index (κ2) is 4.12. The predicted octanol–water partition coefficient (Wildman–Crippen LogP) is 2.27. The van der Waals surface area contributed by atoms with E-state index in [1.54, 1.807) is 24.3 Å². The first-order valence-electron chi connectivity index (χ1n) is 5.05. The van der Waals surface area contributed by atoms with Crippen LogP contribution in [0.1, 0.15) is 22.3 Å². The molecule has 0 saturated heterocycles. The van der Waals surface area contributed by atoms with Crippen molar-refractivity contribution in [3.8, 4) is 0 Å². The second-order valence-electron chi connectivity index (χ2n) is 3.82. The van der Waals surface area contributed by atoms with Crippen molar-refractivity contribution in [1.29, 1.82) is 0 Å². The SMILES string of the molecule is O=C1c2ccccc2CCC1C(=O)C(F)F. The van der Waals surface area contributed by atoms with Crippen LogP contribution < -0.4 is 0 Å². The first-order chi connectivity index (χ1) is 7.61. The largest absolute Gasteiger partial charge is 0.296 e. The molecular weight excluding hydrogens is 214 g/mol. The van der Waals surface area contributed by atoms with Gasteiger partial charge in [-0.15, -0.1) is 0 Å². The van der Waals surface area contributed by atoms with E-state index in [1.165, 1.54) is 0 Å². The molecule has 1 atom stereocenters. The molecule has 1 aliphatic rings. The van der Waals surface area contributed by atoms with Crippen molar-refractivity contribution in [3.05, 3.63) is 35.4 Å². The summed E-state index contributed by atoms with van der Waals surface area (Å²) in [7, 11) is 0. The van der Waals surface area contributed by atoms with E-state index in [0.29, 0.717) is 12.0 Å². The Morgan fingerprint density at radius 2 is 2.00 bits per heavy atom. The fourth-order valence-electron chi connectivity index (χ4n) is 2.02. The lowest BCUT2D eigenvalue weighted by Gasteiger charge is -2.21. The van der Waals surface area contributed by atoms with Gasteiger partial charge < -0.3 is 0 Å². The molecule has 0 radical (unpaired) electrons. The van der Waals surface area contributed by atoms with E-state index in [0.717, 1.165) is 5.56 Å². The van der Waals surface area contributed by atoms with E-state index in [-0.39, 0.29) is 6.42 Å². The number of hydrogen-bond donors (Lipinski definition) is 0. The van der Waals surface area contributed by atoms with Gasteiger partial charge in [-0.1, -0.05) is 24.3 Å². The minimum atomic E-state index is -3.06. The molecule has 2 rings (SSSR count). The van der Waals surface area contributed by atoms with E-state index in [9.17, 15) is 18.4 Å². The van der Waals surface area contributed by atoms with Crippen LogP contribution in [-0.2, 0) is 11.2 Å². The number of aryl methyl sites for hydroxylation is 1. The highest BCUT2D eigenvalue weighted by Gasteiger charge is 2.36. The summed E-state index contributed by atoms with van der Waals surface area (Å²) in [6.07, 6.45) is -2.36. The second-order valence-corrected chi connectivity index (χ2v) is 3.82. The number of carbonyl (C=O) groups excluding carboxylic acids is 2. The summed E-state index contributed by atoms with van der Waals surface area (Å²) < 4.78 is 24.5. The number of carbonyl (C=O) groups is 2. The molecule has 0 spiro atoms. The van der Waals surface area contributed by atoms with Crippen molar-refractivity contribution in [1.82, 2.24) is 0 Å². The number of rotatable bonds is 2. The van der Waals surface area contributed by atoms with Gasteiger partial charge >= 0.3 is 0 Å². The van der Waals surface area contributed by atoms with Crippen molar-refractivity contribution in [2.45, 2.75) is 19.3 Å². The van der Waals surface area contributed by atoms with Gasteiger partial charge in [0.25, 0.3) is 6.43 Å². The summed E-state index contributed by atoms with van der Waals surface area (Å²) in [5.74, 6) is -2.87. The molecule has 0 N–H and O–H groups in total. The zero-order valence-electron chi connectivity index (χ0n) is 8.45. The lowest BCUT2D eigenvalue weighted by Crippen LogP contribution is -2.33. The zero-order valence-corrected chi connectivity index (χ0v) is 8.45. The number of benzene rings is 1. The van der Waals surface area contributed by atoms with Crippen LogP contribution >= 0.6 is 0 Å². The molecule has 1 aromatic rings. The fourth-order valence-corrected chi connectivity index (χ4v) is 2.02. The fraction of sp³-hybridized carbons (Fsp3) is 0.333. The van der Waals surface area contributed by atoms with Gasteiger partial charge in [-0.2, -0.15) is 0 Å². The van der Waals surface area contributed by atoms with Crippen molar-refractivity contribution in [2.75, 3.05) is 0 Å². The third-order valence-corrected chi connectivity index (χ3v) is 2.86.